The lowest BCUT2D eigenvalue weighted by molar-refractivity contribution is -0.122. The van der Waals surface area contributed by atoms with Gasteiger partial charge in [0.2, 0.25) is 5.91 Å². The van der Waals surface area contributed by atoms with Gasteiger partial charge >= 0.3 is 0 Å². The summed E-state index contributed by atoms with van der Waals surface area (Å²) in [5.74, 6) is 0.905. The number of alkyl halides is 1. The molecule has 0 spiro atoms. The van der Waals surface area contributed by atoms with E-state index in [-0.39, 0.29) is 11.9 Å². The van der Waals surface area contributed by atoms with Crippen LogP contribution in [-0.2, 0) is 11.2 Å². The molecule has 0 saturated heterocycles. The number of hydrogen-bond acceptors (Lipinski definition) is 1. The summed E-state index contributed by atoms with van der Waals surface area (Å²) in [6, 6.07) is 10.1. The highest BCUT2D eigenvalue weighted by Crippen LogP contribution is 2.06. The maximum Gasteiger partial charge on any atom is 0.220 e. The number of halogens is 1. The normalized spacial score (nSPS) is 12.5. The fraction of sp³-hybridized carbons (Fsp3) is 0.500. The second-order valence-corrected chi connectivity index (χ2v) is 5.02. The van der Waals surface area contributed by atoms with Gasteiger partial charge in [0.1, 0.15) is 0 Å². The van der Waals surface area contributed by atoms with Crippen molar-refractivity contribution in [3.63, 3.8) is 0 Å². The van der Waals surface area contributed by atoms with Crippen LogP contribution in [0.5, 0.6) is 0 Å². The van der Waals surface area contributed by atoms with Crippen LogP contribution in [0.25, 0.3) is 0 Å². The van der Waals surface area contributed by atoms with Gasteiger partial charge in [0.15, 0.2) is 0 Å². The van der Waals surface area contributed by atoms with Gasteiger partial charge < -0.3 is 5.32 Å². The second-order valence-electron chi connectivity index (χ2n) is 4.71. The second kappa shape index (κ2) is 7.33. The first-order chi connectivity index (χ1) is 8.11. The molecule has 1 N–H and O–H groups in total. The van der Waals surface area contributed by atoms with E-state index < -0.39 is 0 Å². The Balaban J connectivity index is 2.46. The minimum absolute atomic E-state index is 0.0188. The number of carbonyl (C=O) groups is 1. The molecule has 3 heteroatoms. The quantitative estimate of drug-likeness (QED) is 0.776. The average Bonchev–Trinajstić information content (AvgIpc) is 2.28. The van der Waals surface area contributed by atoms with Gasteiger partial charge in [0, 0.05) is 18.3 Å². The Morgan fingerprint density at radius 1 is 1.29 bits per heavy atom. The van der Waals surface area contributed by atoms with Crippen molar-refractivity contribution in [1.29, 1.82) is 0 Å². The Morgan fingerprint density at radius 2 is 1.94 bits per heavy atom. The molecular weight excluding hydrogens is 234 g/mol. The molecule has 0 aliphatic heterocycles. The molecule has 1 amide bonds. The van der Waals surface area contributed by atoms with Gasteiger partial charge in [0.05, 0.1) is 0 Å². The number of nitrogens with one attached hydrogen (secondary N) is 1. The Kier molecular flexibility index (Phi) is 6.06. The molecule has 0 radical (unpaired) electrons. The summed E-state index contributed by atoms with van der Waals surface area (Å²) in [6.45, 7) is 4.07. The molecule has 0 saturated carbocycles. The summed E-state index contributed by atoms with van der Waals surface area (Å²) >= 11 is 5.88. The molecule has 0 aromatic heterocycles. The van der Waals surface area contributed by atoms with Crippen molar-refractivity contribution in [3.8, 4) is 0 Å². The van der Waals surface area contributed by atoms with Crippen molar-refractivity contribution < 1.29 is 4.79 Å². The monoisotopic (exact) mass is 253 g/mol. The Hall–Kier alpha value is -1.02. The van der Waals surface area contributed by atoms with Gasteiger partial charge in [-0.25, -0.2) is 0 Å². The molecule has 0 heterocycles. The predicted molar refractivity (Wildman–Crippen MR) is 72.3 cm³/mol. The van der Waals surface area contributed by atoms with Crippen molar-refractivity contribution in [2.75, 3.05) is 5.88 Å². The molecule has 0 unspecified atom stereocenters. The standard InChI is InChI=1S/C14H20ClNO/c1-11(2)8-14(17)16-13(10-15)9-12-6-4-3-5-7-12/h3-7,11,13H,8-10H2,1-2H3,(H,16,17)/t13-/m0/s1. The van der Waals surface area contributed by atoms with Gasteiger partial charge in [-0.05, 0) is 17.9 Å². The van der Waals surface area contributed by atoms with E-state index in [2.05, 4.69) is 5.32 Å². The van der Waals surface area contributed by atoms with Crippen molar-refractivity contribution >= 4 is 17.5 Å². The molecule has 0 bridgehead atoms. The van der Waals surface area contributed by atoms with Gasteiger partial charge in [-0.3, -0.25) is 4.79 Å². The largest absolute Gasteiger partial charge is 0.352 e. The van der Waals surface area contributed by atoms with E-state index in [1.807, 2.05) is 44.2 Å². The zero-order chi connectivity index (χ0) is 12.7. The predicted octanol–water partition coefficient (Wildman–Crippen LogP) is 3.00. The highest BCUT2D eigenvalue weighted by molar-refractivity contribution is 6.18. The molecule has 1 aromatic rings. The van der Waals surface area contributed by atoms with Crippen LogP contribution in [0.1, 0.15) is 25.8 Å². The summed E-state index contributed by atoms with van der Waals surface area (Å²) in [5, 5.41) is 2.98. The third-order valence-corrected chi connectivity index (χ3v) is 2.84. The average molecular weight is 254 g/mol. The van der Waals surface area contributed by atoms with E-state index in [1.54, 1.807) is 0 Å². The van der Waals surface area contributed by atoms with Gasteiger partial charge in [-0.1, -0.05) is 44.2 Å². The maximum atomic E-state index is 11.6. The highest BCUT2D eigenvalue weighted by Gasteiger charge is 2.12. The van der Waals surface area contributed by atoms with E-state index in [1.165, 1.54) is 5.56 Å². The molecular formula is C14H20ClNO. The maximum absolute atomic E-state index is 11.6. The van der Waals surface area contributed by atoms with Crippen LogP contribution in [0.4, 0.5) is 0 Å². The minimum atomic E-state index is 0.0188. The molecule has 0 fully saturated rings. The van der Waals surface area contributed by atoms with Crippen molar-refractivity contribution in [2.45, 2.75) is 32.7 Å². The zero-order valence-electron chi connectivity index (χ0n) is 10.4. The summed E-state index contributed by atoms with van der Waals surface area (Å²) in [4.78, 5) is 11.6. The summed E-state index contributed by atoms with van der Waals surface area (Å²) in [5.41, 5.74) is 1.20. The molecule has 0 aliphatic carbocycles. The first kappa shape index (κ1) is 14.0. The van der Waals surface area contributed by atoms with E-state index in [4.69, 9.17) is 11.6 Å². The van der Waals surface area contributed by atoms with Crippen LogP contribution in [0.3, 0.4) is 0 Å². The molecule has 1 aromatic carbocycles. The van der Waals surface area contributed by atoms with Crippen LogP contribution < -0.4 is 5.32 Å². The highest BCUT2D eigenvalue weighted by atomic mass is 35.5. The fourth-order valence-electron chi connectivity index (χ4n) is 1.70. The first-order valence-corrected chi connectivity index (χ1v) is 6.54. The van der Waals surface area contributed by atoms with Crippen LogP contribution in [0.2, 0.25) is 0 Å². The van der Waals surface area contributed by atoms with Gasteiger partial charge in [0.25, 0.3) is 0 Å². The van der Waals surface area contributed by atoms with Gasteiger partial charge in [-0.15, -0.1) is 11.6 Å². The summed E-state index contributed by atoms with van der Waals surface area (Å²) in [7, 11) is 0. The minimum Gasteiger partial charge on any atom is -0.352 e. The Bertz CT molecular complexity index is 337. The molecule has 2 nitrogen and oxygen atoms in total. The third-order valence-electron chi connectivity index (χ3n) is 2.47. The van der Waals surface area contributed by atoms with Crippen LogP contribution in [-0.4, -0.2) is 17.8 Å². The van der Waals surface area contributed by atoms with Crippen LogP contribution in [0.15, 0.2) is 30.3 Å². The number of rotatable bonds is 6. The lowest BCUT2D eigenvalue weighted by atomic mass is 10.1. The lowest BCUT2D eigenvalue weighted by Crippen LogP contribution is -2.38. The summed E-state index contributed by atoms with van der Waals surface area (Å²) < 4.78 is 0. The fourth-order valence-corrected chi connectivity index (χ4v) is 1.89. The molecule has 94 valence electrons. The number of hydrogen-bond donors (Lipinski definition) is 1. The summed E-state index contributed by atoms with van der Waals surface area (Å²) in [6.07, 6.45) is 1.34. The SMILES string of the molecule is CC(C)CC(=O)N[C@H](CCl)Cc1ccccc1. The lowest BCUT2D eigenvalue weighted by Gasteiger charge is -2.17. The van der Waals surface area contributed by atoms with Crippen LogP contribution >= 0.6 is 11.6 Å². The third kappa shape index (κ3) is 5.73. The van der Waals surface area contributed by atoms with Crippen molar-refractivity contribution in [2.24, 2.45) is 5.92 Å². The number of amides is 1. The van der Waals surface area contributed by atoms with Crippen molar-refractivity contribution in [1.82, 2.24) is 5.32 Å². The number of benzene rings is 1. The Labute approximate surface area is 108 Å². The zero-order valence-corrected chi connectivity index (χ0v) is 11.2. The topological polar surface area (TPSA) is 29.1 Å². The Morgan fingerprint density at radius 3 is 2.47 bits per heavy atom. The molecule has 1 atom stereocenters. The van der Waals surface area contributed by atoms with Gasteiger partial charge in [-0.2, -0.15) is 0 Å². The first-order valence-electron chi connectivity index (χ1n) is 6.01. The van der Waals surface area contributed by atoms with E-state index in [0.717, 1.165) is 6.42 Å². The molecule has 17 heavy (non-hydrogen) atoms. The van der Waals surface area contributed by atoms with Crippen molar-refractivity contribution in [3.05, 3.63) is 35.9 Å². The molecule has 0 aliphatic rings. The molecule has 1 rings (SSSR count). The van der Waals surface area contributed by atoms with E-state index in [0.29, 0.717) is 18.2 Å². The van der Waals surface area contributed by atoms with E-state index >= 15 is 0 Å². The van der Waals surface area contributed by atoms with E-state index in [9.17, 15) is 4.79 Å². The number of carbonyl (C=O) groups excluding carboxylic acids is 1. The van der Waals surface area contributed by atoms with Crippen LogP contribution in [0, 0.1) is 5.92 Å². The smallest absolute Gasteiger partial charge is 0.220 e.